The van der Waals surface area contributed by atoms with Crippen molar-refractivity contribution in [2.75, 3.05) is 33.9 Å². The lowest BCUT2D eigenvalue weighted by Gasteiger charge is -2.39. The minimum Gasteiger partial charge on any atom is -0.383 e. The highest BCUT2D eigenvalue weighted by Crippen LogP contribution is 2.27. The number of methoxy groups -OCH3 is 1. The molecule has 1 N–H and O–H groups in total. The summed E-state index contributed by atoms with van der Waals surface area (Å²) in [7, 11) is 4.09. The molecule has 0 heterocycles. The molecule has 0 aromatic rings. The summed E-state index contributed by atoms with van der Waals surface area (Å²) in [4.78, 5) is 2.56. The molecular weight excluding hydrogens is 224 g/mol. The first kappa shape index (κ1) is 15.9. The fraction of sp³-hybridized carbons (Fsp3) is 1.00. The number of nitrogens with one attached hydrogen (secondary N) is 1. The van der Waals surface area contributed by atoms with E-state index in [4.69, 9.17) is 4.74 Å². The van der Waals surface area contributed by atoms with Crippen LogP contribution < -0.4 is 5.32 Å². The van der Waals surface area contributed by atoms with Crippen LogP contribution in [0, 0.1) is 5.92 Å². The summed E-state index contributed by atoms with van der Waals surface area (Å²) in [5.74, 6) is 0.887. The zero-order valence-corrected chi connectivity index (χ0v) is 12.7. The van der Waals surface area contributed by atoms with Gasteiger partial charge in [-0.05, 0) is 38.8 Å². The van der Waals surface area contributed by atoms with Crippen molar-refractivity contribution in [2.45, 2.75) is 58.0 Å². The van der Waals surface area contributed by atoms with Crippen LogP contribution in [0.5, 0.6) is 0 Å². The Balaban J connectivity index is 2.43. The summed E-state index contributed by atoms with van der Waals surface area (Å²) >= 11 is 0. The molecule has 1 fully saturated rings. The van der Waals surface area contributed by atoms with E-state index in [1.54, 1.807) is 0 Å². The van der Waals surface area contributed by atoms with Crippen LogP contribution in [-0.2, 0) is 4.74 Å². The average molecular weight is 256 g/mol. The molecule has 108 valence electrons. The Morgan fingerprint density at radius 3 is 2.78 bits per heavy atom. The minimum atomic E-state index is 0.511. The van der Waals surface area contributed by atoms with Gasteiger partial charge in [0, 0.05) is 25.7 Å². The van der Waals surface area contributed by atoms with Crippen LogP contribution in [-0.4, -0.2) is 50.8 Å². The van der Waals surface area contributed by atoms with E-state index in [1.807, 2.05) is 7.11 Å². The largest absolute Gasteiger partial charge is 0.383 e. The Labute approximate surface area is 113 Å². The molecule has 0 aromatic carbocycles. The van der Waals surface area contributed by atoms with E-state index in [0.717, 1.165) is 31.7 Å². The molecule has 0 saturated heterocycles. The van der Waals surface area contributed by atoms with Gasteiger partial charge in [-0.15, -0.1) is 0 Å². The fourth-order valence-corrected chi connectivity index (χ4v) is 3.03. The fourth-order valence-electron chi connectivity index (χ4n) is 3.03. The molecule has 0 spiro atoms. The molecule has 1 saturated carbocycles. The number of ether oxygens (including phenoxy) is 1. The monoisotopic (exact) mass is 256 g/mol. The molecule has 0 aromatic heterocycles. The van der Waals surface area contributed by atoms with Gasteiger partial charge >= 0.3 is 0 Å². The van der Waals surface area contributed by atoms with Crippen LogP contribution in [0.15, 0.2) is 0 Å². The molecule has 3 unspecified atom stereocenters. The van der Waals surface area contributed by atoms with E-state index in [2.05, 4.69) is 31.1 Å². The molecule has 1 aliphatic carbocycles. The summed E-state index contributed by atoms with van der Waals surface area (Å²) in [6.07, 6.45) is 6.70. The van der Waals surface area contributed by atoms with Crippen LogP contribution in [0.3, 0.4) is 0 Å². The maximum atomic E-state index is 5.39. The molecule has 0 amide bonds. The van der Waals surface area contributed by atoms with Gasteiger partial charge in [0.25, 0.3) is 0 Å². The van der Waals surface area contributed by atoms with E-state index < -0.39 is 0 Å². The van der Waals surface area contributed by atoms with E-state index in [0.29, 0.717) is 6.04 Å². The molecule has 3 heteroatoms. The number of nitrogens with zero attached hydrogens (tertiary/aromatic N) is 1. The van der Waals surface area contributed by atoms with Crippen molar-refractivity contribution < 1.29 is 4.74 Å². The van der Waals surface area contributed by atoms with Crippen LogP contribution in [0.4, 0.5) is 0 Å². The standard InChI is InChI=1S/C15H32N2O/c1-5-9-16-11-15(12-18-4)17(3)14-8-6-7-13(2)10-14/h13-16H,5-12H2,1-4H3. The Bertz CT molecular complexity index is 211. The van der Waals surface area contributed by atoms with Gasteiger partial charge in [0.15, 0.2) is 0 Å². The summed E-state index contributed by atoms with van der Waals surface area (Å²) < 4.78 is 5.39. The summed E-state index contributed by atoms with van der Waals surface area (Å²) in [5.41, 5.74) is 0. The van der Waals surface area contributed by atoms with E-state index in [-0.39, 0.29) is 0 Å². The summed E-state index contributed by atoms with van der Waals surface area (Å²) in [6.45, 7) is 7.59. The van der Waals surface area contributed by atoms with Crippen LogP contribution >= 0.6 is 0 Å². The first-order valence-corrected chi connectivity index (χ1v) is 7.60. The number of rotatable bonds is 8. The van der Waals surface area contributed by atoms with E-state index >= 15 is 0 Å². The van der Waals surface area contributed by atoms with Crippen LogP contribution in [0.1, 0.15) is 46.0 Å². The zero-order valence-electron chi connectivity index (χ0n) is 12.7. The minimum absolute atomic E-state index is 0.511. The van der Waals surface area contributed by atoms with Crippen molar-refractivity contribution >= 4 is 0 Å². The molecule has 3 nitrogen and oxygen atoms in total. The Hall–Kier alpha value is -0.120. The molecule has 0 aliphatic heterocycles. The number of likely N-dealkylation sites (N-methyl/N-ethyl adjacent to an activating group) is 1. The predicted octanol–water partition coefficient (Wildman–Crippen LogP) is 2.51. The van der Waals surface area contributed by atoms with Gasteiger partial charge in [-0.3, -0.25) is 4.90 Å². The second kappa shape index (κ2) is 8.89. The summed E-state index contributed by atoms with van der Waals surface area (Å²) in [6, 6.07) is 1.26. The lowest BCUT2D eigenvalue weighted by Crippen LogP contribution is -2.49. The predicted molar refractivity (Wildman–Crippen MR) is 78.0 cm³/mol. The average Bonchev–Trinajstić information content (AvgIpc) is 2.37. The van der Waals surface area contributed by atoms with E-state index in [1.165, 1.54) is 32.1 Å². The van der Waals surface area contributed by atoms with Crippen molar-refractivity contribution in [3.8, 4) is 0 Å². The highest BCUT2D eigenvalue weighted by Gasteiger charge is 2.26. The van der Waals surface area contributed by atoms with Crippen molar-refractivity contribution in [3.05, 3.63) is 0 Å². The smallest absolute Gasteiger partial charge is 0.0630 e. The van der Waals surface area contributed by atoms with Gasteiger partial charge in [0.2, 0.25) is 0 Å². The maximum absolute atomic E-state index is 5.39. The lowest BCUT2D eigenvalue weighted by atomic mass is 9.86. The van der Waals surface area contributed by atoms with Gasteiger partial charge < -0.3 is 10.1 Å². The highest BCUT2D eigenvalue weighted by atomic mass is 16.5. The molecule has 0 radical (unpaired) electrons. The third-order valence-corrected chi connectivity index (χ3v) is 4.23. The third kappa shape index (κ3) is 5.25. The van der Waals surface area contributed by atoms with Crippen LogP contribution in [0.25, 0.3) is 0 Å². The Morgan fingerprint density at radius 2 is 2.17 bits per heavy atom. The molecule has 0 bridgehead atoms. The van der Waals surface area contributed by atoms with Gasteiger partial charge in [-0.1, -0.05) is 26.7 Å². The van der Waals surface area contributed by atoms with Crippen molar-refractivity contribution in [3.63, 3.8) is 0 Å². The maximum Gasteiger partial charge on any atom is 0.0630 e. The molecule has 3 atom stereocenters. The quantitative estimate of drug-likeness (QED) is 0.675. The van der Waals surface area contributed by atoms with Gasteiger partial charge in [-0.2, -0.15) is 0 Å². The lowest BCUT2D eigenvalue weighted by molar-refractivity contribution is 0.0587. The van der Waals surface area contributed by atoms with Crippen molar-refractivity contribution in [2.24, 2.45) is 5.92 Å². The second-order valence-corrected chi connectivity index (χ2v) is 5.90. The topological polar surface area (TPSA) is 24.5 Å². The highest BCUT2D eigenvalue weighted by molar-refractivity contribution is 4.82. The van der Waals surface area contributed by atoms with Gasteiger partial charge in [0.1, 0.15) is 0 Å². The van der Waals surface area contributed by atoms with Crippen LogP contribution in [0.2, 0.25) is 0 Å². The zero-order chi connectivity index (χ0) is 13.4. The molecule has 18 heavy (non-hydrogen) atoms. The molecule has 1 rings (SSSR count). The van der Waals surface area contributed by atoms with Crippen molar-refractivity contribution in [1.29, 1.82) is 0 Å². The Morgan fingerprint density at radius 1 is 1.39 bits per heavy atom. The Kier molecular flexibility index (Phi) is 7.87. The first-order chi connectivity index (χ1) is 8.69. The van der Waals surface area contributed by atoms with Gasteiger partial charge in [0.05, 0.1) is 6.61 Å². The molecule has 1 aliphatic rings. The second-order valence-electron chi connectivity index (χ2n) is 5.90. The SMILES string of the molecule is CCCNCC(COC)N(C)C1CCCC(C)C1. The van der Waals surface area contributed by atoms with E-state index in [9.17, 15) is 0 Å². The summed E-state index contributed by atoms with van der Waals surface area (Å²) in [5, 5.41) is 3.53. The number of hydrogen-bond acceptors (Lipinski definition) is 3. The number of hydrogen-bond donors (Lipinski definition) is 1. The van der Waals surface area contributed by atoms with Crippen molar-refractivity contribution in [1.82, 2.24) is 10.2 Å². The third-order valence-electron chi connectivity index (χ3n) is 4.23. The van der Waals surface area contributed by atoms with Gasteiger partial charge in [-0.25, -0.2) is 0 Å². The molecular formula is C15H32N2O. The first-order valence-electron chi connectivity index (χ1n) is 7.60. The normalized spacial score (nSPS) is 26.5.